The van der Waals surface area contributed by atoms with Gasteiger partial charge in [0.05, 0.1) is 25.4 Å². The van der Waals surface area contributed by atoms with Gasteiger partial charge in [-0.3, -0.25) is 24.1 Å². The lowest BCUT2D eigenvalue weighted by atomic mass is 9.81. The van der Waals surface area contributed by atoms with Gasteiger partial charge < -0.3 is 14.8 Å². The van der Waals surface area contributed by atoms with Crippen LogP contribution in [-0.2, 0) is 30.5 Å². The van der Waals surface area contributed by atoms with Gasteiger partial charge in [0.25, 0.3) is 5.91 Å². The van der Waals surface area contributed by atoms with Crippen LogP contribution in [0.1, 0.15) is 37.7 Å². The van der Waals surface area contributed by atoms with E-state index in [1.807, 2.05) is 18.2 Å². The Balaban J connectivity index is 1.39. The van der Waals surface area contributed by atoms with Gasteiger partial charge in [0.1, 0.15) is 5.75 Å². The quantitative estimate of drug-likeness (QED) is 0.521. The predicted molar refractivity (Wildman–Crippen MR) is 103 cm³/mol. The van der Waals surface area contributed by atoms with Crippen molar-refractivity contribution in [2.24, 2.45) is 11.8 Å². The molecular formula is C21H26N2O6. The van der Waals surface area contributed by atoms with E-state index in [2.05, 4.69) is 5.32 Å². The van der Waals surface area contributed by atoms with E-state index in [4.69, 9.17) is 9.47 Å². The summed E-state index contributed by atoms with van der Waals surface area (Å²) in [6.07, 6.45) is 3.28. The Labute approximate surface area is 169 Å². The number of amides is 3. The van der Waals surface area contributed by atoms with E-state index < -0.39 is 18.5 Å². The van der Waals surface area contributed by atoms with Gasteiger partial charge in [-0.1, -0.05) is 31.0 Å². The Morgan fingerprint density at radius 1 is 1.10 bits per heavy atom. The molecule has 8 heteroatoms. The summed E-state index contributed by atoms with van der Waals surface area (Å²) in [5.41, 5.74) is 0.808. The summed E-state index contributed by atoms with van der Waals surface area (Å²) in [6, 6.07) is 7.28. The first-order valence-corrected chi connectivity index (χ1v) is 9.90. The van der Waals surface area contributed by atoms with Crippen LogP contribution in [0.25, 0.3) is 0 Å². The summed E-state index contributed by atoms with van der Waals surface area (Å²) >= 11 is 0. The lowest BCUT2D eigenvalue weighted by Crippen LogP contribution is -2.34. The van der Waals surface area contributed by atoms with Gasteiger partial charge in [-0.25, -0.2) is 0 Å². The number of likely N-dealkylation sites (tertiary alicyclic amines) is 1. The van der Waals surface area contributed by atoms with Crippen LogP contribution < -0.4 is 10.1 Å². The van der Waals surface area contributed by atoms with Crippen LogP contribution in [0.15, 0.2) is 24.3 Å². The summed E-state index contributed by atoms with van der Waals surface area (Å²) in [4.78, 5) is 49.8. The van der Waals surface area contributed by atoms with Crippen LogP contribution in [0.2, 0.25) is 0 Å². The molecule has 156 valence electrons. The zero-order chi connectivity index (χ0) is 20.8. The number of esters is 1. The van der Waals surface area contributed by atoms with Crippen molar-refractivity contribution in [3.63, 3.8) is 0 Å². The summed E-state index contributed by atoms with van der Waals surface area (Å²) in [5.74, 6) is -1.22. The molecule has 0 aromatic heterocycles. The normalized spacial score (nSPS) is 20.9. The van der Waals surface area contributed by atoms with Gasteiger partial charge in [-0.2, -0.15) is 0 Å². The first-order valence-electron chi connectivity index (χ1n) is 9.90. The SMILES string of the molecule is COc1ccccc1CNC(=O)COC(=O)CCN1C(=O)[C@@H]2CCCC[C@H]2C1=O. The molecule has 1 aromatic rings. The van der Waals surface area contributed by atoms with Crippen molar-refractivity contribution in [3.8, 4) is 5.75 Å². The number of fused-ring (bicyclic) bond motifs is 1. The Kier molecular flexibility index (Phi) is 6.85. The number of hydrogen-bond donors (Lipinski definition) is 1. The van der Waals surface area contributed by atoms with E-state index >= 15 is 0 Å². The first kappa shape index (κ1) is 20.8. The smallest absolute Gasteiger partial charge is 0.308 e. The van der Waals surface area contributed by atoms with Crippen molar-refractivity contribution in [1.82, 2.24) is 10.2 Å². The van der Waals surface area contributed by atoms with Crippen LogP contribution in [-0.4, -0.2) is 48.9 Å². The molecule has 0 radical (unpaired) electrons. The molecule has 1 saturated carbocycles. The van der Waals surface area contributed by atoms with E-state index in [0.29, 0.717) is 5.75 Å². The molecule has 1 aliphatic carbocycles. The van der Waals surface area contributed by atoms with Crippen molar-refractivity contribution in [2.45, 2.75) is 38.6 Å². The highest BCUT2D eigenvalue weighted by Gasteiger charge is 2.47. The third kappa shape index (κ3) is 4.93. The lowest BCUT2D eigenvalue weighted by molar-refractivity contribution is -0.150. The second kappa shape index (κ2) is 9.54. The number of nitrogens with zero attached hydrogens (tertiary/aromatic N) is 1. The molecule has 3 amide bonds. The van der Waals surface area contributed by atoms with Crippen molar-refractivity contribution in [2.75, 3.05) is 20.3 Å². The number of imide groups is 1. The monoisotopic (exact) mass is 402 g/mol. The number of methoxy groups -OCH3 is 1. The molecule has 2 fully saturated rings. The maximum Gasteiger partial charge on any atom is 0.308 e. The van der Waals surface area contributed by atoms with E-state index in [-0.39, 0.29) is 43.2 Å². The highest BCUT2D eigenvalue weighted by atomic mass is 16.5. The van der Waals surface area contributed by atoms with Crippen molar-refractivity contribution >= 4 is 23.7 Å². The van der Waals surface area contributed by atoms with Gasteiger partial charge in [0.2, 0.25) is 11.8 Å². The predicted octanol–water partition coefficient (Wildman–Crippen LogP) is 1.42. The molecule has 0 unspecified atom stereocenters. The summed E-state index contributed by atoms with van der Waals surface area (Å²) < 4.78 is 10.2. The average Bonchev–Trinajstić information content (AvgIpc) is 2.99. The number of hydrogen-bond acceptors (Lipinski definition) is 6. The molecule has 1 N–H and O–H groups in total. The molecule has 8 nitrogen and oxygen atoms in total. The van der Waals surface area contributed by atoms with Gasteiger partial charge in [-0.15, -0.1) is 0 Å². The number of carbonyl (C=O) groups is 4. The van der Waals surface area contributed by atoms with Crippen molar-refractivity contribution in [1.29, 1.82) is 0 Å². The zero-order valence-corrected chi connectivity index (χ0v) is 16.5. The highest BCUT2D eigenvalue weighted by molar-refractivity contribution is 6.05. The number of rotatable bonds is 8. The standard InChI is InChI=1S/C21H26N2O6/c1-28-17-9-5-2-6-14(17)12-22-18(24)13-29-19(25)10-11-23-20(26)15-7-3-4-8-16(15)21(23)27/h2,5-6,9,15-16H,3-4,7-8,10-13H2,1H3,(H,22,24)/t15-,16-/m1/s1. The third-order valence-corrected chi connectivity index (χ3v) is 5.50. The fourth-order valence-electron chi connectivity index (χ4n) is 3.97. The van der Waals surface area contributed by atoms with Crippen LogP contribution in [0, 0.1) is 11.8 Å². The fraction of sp³-hybridized carbons (Fsp3) is 0.524. The Bertz CT molecular complexity index is 769. The molecule has 2 aliphatic rings. The maximum atomic E-state index is 12.4. The molecule has 1 heterocycles. The Morgan fingerprint density at radius 2 is 1.76 bits per heavy atom. The van der Waals surface area contributed by atoms with Gasteiger partial charge in [-0.05, 0) is 18.9 Å². The molecule has 0 bridgehead atoms. The minimum Gasteiger partial charge on any atom is -0.496 e. The largest absolute Gasteiger partial charge is 0.496 e. The summed E-state index contributed by atoms with van der Waals surface area (Å²) in [7, 11) is 1.55. The van der Waals surface area contributed by atoms with Gasteiger partial charge in [0.15, 0.2) is 6.61 Å². The highest BCUT2D eigenvalue weighted by Crippen LogP contribution is 2.37. The molecule has 1 aromatic carbocycles. The second-order valence-electron chi connectivity index (χ2n) is 7.32. The maximum absolute atomic E-state index is 12.4. The molecule has 1 saturated heterocycles. The van der Waals surface area contributed by atoms with E-state index in [0.717, 1.165) is 31.2 Å². The third-order valence-electron chi connectivity index (χ3n) is 5.50. The van der Waals surface area contributed by atoms with Crippen LogP contribution in [0.3, 0.4) is 0 Å². The minimum absolute atomic E-state index is 0.00628. The Hall–Kier alpha value is -2.90. The molecule has 2 atom stereocenters. The Morgan fingerprint density at radius 3 is 2.41 bits per heavy atom. The number of nitrogens with one attached hydrogen (secondary N) is 1. The number of para-hydroxylation sites is 1. The van der Waals surface area contributed by atoms with Crippen molar-refractivity contribution in [3.05, 3.63) is 29.8 Å². The lowest BCUT2D eigenvalue weighted by Gasteiger charge is -2.19. The van der Waals surface area contributed by atoms with Crippen molar-refractivity contribution < 1.29 is 28.7 Å². The number of ether oxygens (including phenoxy) is 2. The first-order chi connectivity index (χ1) is 14.0. The van der Waals surface area contributed by atoms with E-state index in [9.17, 15) is 19.2 Å². The summed E-state index contributed by atoms with van der Waals surface area (Å²) in [5, 5.41) is 2.66. The van der Waals surface area contributed by atoms with Crippen LogP contribution >= 0.6 is 0 Å². The van der Waals surface area contributed by atoms with Crippen LogP contribution in [0.5, 0.6) is 5.75 Å². The summed E-state index contributed by atoms with van der Waals surface area (Å²) in [6.45, 7) is -0.159. The average molecular weight is 402 g/mol. The fourth-order valence-corrected chi connectivity index (χ4v) is 3.97. The zero-order valence-electron chi connectivity index (χ0n) is 16.5. The minimum atomic E-state index is -0.618. The van der Waals surface area contributed by atoms with Gasteiger partial charge in [0, 0.05) is 18.7 Å². The van der Waals surface area contributed by atoms with Gasteiger partial charge >= 0.3 is 5.97 Å². The number of benzene rings is 1. The van der Waals surface area contributed by atoms with Crippen LogP contribution in [0.4, 0.5) is 0 Å². The second-order valence-corrected chi connectivity index (χ2v) is 7.32. The van der Waals surface area contributed by atoms with E-state index in [1.165, 1.54) is 4.90 Å². The molecule has 0 spiro atoms. The van der Waals surface area contributed by atoms with E-state index in [1.54, 1.807) is 13.2 Å². The topological polar surface area (TPSA) is 102 Å². The molecular weight excluding hydrogens is 376 g/mol. The number of carbonyl (C=O) groups excluding carboxylic acids is 4. The molecule has 29 heavy (non-hydrogen) atoms. The molecule has 1 aliphatic heterocycles. The molecule has 3 rings (SSSR count).